The zero-order valence-corrected chi connectivity index (χ0v) is 18.3. The molecule has 0 aliphatic rings. The summed E-state index contributed by atoms with van der Waals surface area (Å²) >= 11 is 0. The summed E-state index contributed by atoms with van der Waals surface area (Å²) in [5.41, 5.74) is 2.88. The fourth-order valence-corrected chi connectivity index (χ4v) is 3.58. The molecule has 1 N–H and O–H groups in total. The predicted molar refractivity (Wildman–Crippen MR) is 128 cm³/mol. The summed E-state index contributed by atoms with van der Waals surface area (Å²) in [6, 6.07) is 26.3. The number of benzene rings is 3. The highest BCUT2D eigenvalue weighted by atomic mass is 16.2. The number of hydrogen-bond acceptors (Lipinski definition) is 2. The monoisotopic (exact) mass is 414 g/mol. The lowest BCUT2D eigenvalue weighted by Gasteiger charge is -2.23. The average molecular weight is 415 g/mol. The Morgan fingerprint density at radius 2 is 1.35 bits per heavy atom. The van der Waals surface area contributed by atoms with Crippen LogP contribution < -0.4 is 10.2 Å². The van der Waals surface area contributed by atoms with Gasteiger partial charge in [-0.1, -0.05) is 63.1 Å². The molecule has 3 aromatic rings. The van der Waals surface area contributed by atoms with Crippen LogP contribution in [0.15, 0.2) is 84.9 Å². The van der Waals surface area contributed by atoms with Crippen molar-refractivity contribution in [3.63, 3.8) is 0 Å². The number of para-hydroxylation sites is 2. The quantitative estimate of drug-likeness (QED) is 0.418. The lowest BCUT2D eigenvalue weighted by Crippen LogP contribution is -2.26. The Balaban J connectivity index is 1.78. The van der Waals surface area contributed by atoms with Crippen molar-refractivity contribution in [1.82, 2.24) is 0 Å². The molecule has 0 fully saturated rings. The molecule has 160 valence electrons. The van der Waals surface area contributed by atoms with Crippen LogP contribution in [0.2, 0.25) is 0 Å². The molecule has 3 rings (SSSR count). The van der Waals surface area contributed by atoms with Crippen molar-refractivity contribution < 1.29 is 9.59 Å². The third-order valence-corrected chi connectivity index (χ3v) is 5.40. The van der Waals surface area contributed by atoms with Gasteiger partial charge in [-0.15, -0.1) is 0 Å². The third-order valence-electron chi connectivity index (χ3n) is 5.40. The number of anilines is 3. The number of rotatable bonds is 9. The number of carbonyl (C=O) groups excluding carboxylic acids is 2. The molecule has 1 atom stereocenters. The van der Waals surface area contributed by atoms with E-state index in [1.807, 2.05) is 67.6 Å². The molecule has 0 aliphatic heterocycles. The summed E-state index contributed by atoms with van der Waals surface area (Å²) in [5, 5.41) is 3.00. The highest BCUT2D eigenvalue weighted by molar-refractivity contribution is 6.11. The van der Waals surface area contributed by atoms with E-state index in [4.69, 9.17) is 0 Å². The van der Waals surface area contributed by atoms with Crippen molar-refractivity contribution >= 4 is 28.9 Å². The molecule has 0 aliphatic carbocycles. The maximum Gasteiger partial charge on any atom is 0.262 e. The van der Waals surface area contributed by atoms with E-state index in [-0.39, 0.29) is 17.7 Å². The number of amides is 2. The lowest BCUT2D eigenvalue weighted by atomic mass is 9.98. The second kappa shape index (κ2) is 11.1. The summed E-state index contributed by atoms with van der Waals surface area (Å²) < 4.78 is 0. The van der Waals surface area contributed by atoms with Crippen molar-refractivity contribution in [3.8, 4) is 0 Å². The Morgan fingerprint density at radius 1 is 0.806 bits per heavy atom. The first kappa shape index (κ1) is 22.3. The predicted octanol–water partition coefficient (Wildman–Crippen LogP) is 6.82. The Hall–Kier alpha value is -3.40. The topological polar surface area (TPSA) is 49.4 Å². The Morgan fingerprint density at radius 3 is 1.84 bits per heavy atom. The smallest absolute Gasteiger partial charge is 0.262 e. The number of unbranched alkanes of at least 4 members (excludes halogenated alkanes) is 1. The van der Waals surface area contributed by atoms with Gasteiger partial charge in [0.2, 0.25) is 5.91 Å². The molecule has 0 unspecified atom stereocenters. The molecule has 0 radical (unpaired) electrons. The molecular formula is C27H30N2O2. The zero-order chi connectivity index (χ0) is 22.1. The van der Waals surface area contributed by atoms with Crippen molar-refractivity contribution in [2.75, 3.05) is 10.2 Å². The van der Waals surface area contributed by atoms with Gasteiger partial charge in [0.05, 0.1) is 0 Å². The SMILES string of the molecule is CCCC[C@H](CC)C(=O)Nc1ccc(C(=O)N(c2ccccc2)c2ccccc2)cc1. The van der Waals surface area contributed by atoms with Crippen molar-refractivity contribution in [1.29, 1.82) is 0 Å². The van der Waals surface area contributed by atoms with Gasteiger partial charge in [0.1, 0.15) is 0 Å². The molecule has 0 spiro atoms. The lowest BCUT2D eigenvalue weighted by molar-refractivity contribution is -0.120. The minimum absolute atomic E-state index is 0.0212. The Bertz CT molecular complexity index is 930. The van der Waals surface area contributed by atoms with Crippen LogP contribution in [0.1, 0.15) is 49.9 Å². The van der Waals surface area contributed by atoms with E-state index in [1.54, 1.807) is 29.2 Å². The third kappa shape index (κ3) is 5.82. The molecule has 0 aromatic heterocycles. The van der Waals surface area contributed by atoms with Gasteiger partial charge in [0.15, 0.2) is 0 Å². The summed E-state index contributed by atoms with van der Waals surface area (Å²) in [6.45, 7) is 4.18. The first-order chi connectivity index (χ1) is 15.1. The number of nitrogens with zero attached hydrogens (tertiary/aromatic N) is 1. The van der Waals surface area contributed by atoms with E-state index in [9.17, 15) is 9.59 Å². The van der Waals surface area contributed by atoms with Crippen LogP contribution in [0.4, 0.5) is 17.1 Å². The number of hydrogen-bond donors (Lipinski definition) is 1. The van der Waals surface area contributed by atoms with E-state index >= 15 is 0 Å². The molecule has 0 heterocycles. The summed E-state index contributed by atoms with van der Waals surface area (Å²) in [5.74, 6) is -0.0530. The van der Waals surface area contributed by atoms with Gasteiger partial charge in [0.25, 0.3) is 5.91 Å². The molecule has 31 heavy (non-hydrogen) atoms. The highest BCUT2D eigenvalue weighted by Gasteiger charge is 2.20. The van der Waals surface area contributed by atoms with Crippen molar-refractivity contribution in [3.05, 3.63) is 90.5 Å². The van der Waals surface area contributed by atoms with Gasteiger partial charge >= 0.3 is 0 Å². The average Bonchev–Trinajstić information content (AvgIpc) is 2.81. The normalized spacial score (nSPS) is 11.5. The van der Waals surface area contributed by atoms with Crippen LogP contribution in [0.25, 0.3) is 0 Å². The second-order valence-electron chi connectivity index (χ2n) is 7.63. The summed E-state index contributed by atoms with van der Waals surface area (Å²) in [4.78, 5) is 27.7. The molecule has 0 bridgehead atoms. The summed E-state index contributed by atoms with van der Waals surface area (Å²) in [6.07, 6.45) is 3.86. The van der Waals surface area contributed by atoms with Crippen LogP contribution >= 0.6 is 0 Å². The standard InChI is InChI=1S/C27H30N2O2/c1-3-5-12-21(4-2)26(30)28-23-19-17-22(18-20-23)27(31)29(24-13-8-6-9-14-24)25-15-10-7-11-16-25/h6-11,13-21H,3-5,12H2,1-2H3,(H,28,30)/t21-/m0/s1. The summed E-state index contributed by atoms with van der Waals surface area (Å²) in [7, 11) is 0. The molecule has 4 nitrogen and oxygen atoms in total. The van der Waals surface area contributed by atoms with Crippen molar-refractivity contribution in [2.45, 2.75) is 39.5 Å². The van der Waals surface area contributed by atoms with Gasteiger partial charge in [-0.05, 0) is 61.4 Å². The van der Waals surface area contributed by atoms with Gasteiger partial charge < -0.3 is 5.32 Å². The first-order valence-electron chi connectivity index (χ1n) is 11.0. The van der Waals surface area contributed by atoms with Crippen LogP contribution in [-0.4, -0.2) is 11.8 Å². The number of nitrogens with one attached hydrogen (secondary N) is 1. The minimum Gasteiger partial charge on any atom is -0.326 e. The zero-order valence-electron chi connectivity index (χ0n) is 18.3. The van der Waals surface area contributed by atoms with Crippen LogP contribution in [-0.2, 0) is 4.79 Å². The van der Waals surface area contributed by atoms with Gasteiger partial charge in [-0.3, -0.25) is 14.5 Å². The second-order valence-corrected chi connectivity index (χ2v) is 7.63. The van der Waals surface area contributed by atoms with Crippen LogP contribution in [0, 0.1) is 5.92 Å². The fraction of sp³-hybridized carbons (Fsp3) is 0.259. The molecular weight excluding hydrogens is 384 g/mol. The molecule has 3 aromatic carbocycles. The molecule has 0 saturated carbocycles. The van der Waals surface area contributed by atoms with E-state index < -0.39 is 0 Å². The van der Waals surface area contributed by atoms with E-state index in [2.05, 4.69) is 12.2 Å². The van der Waals surface area contributed by atoms with Crippen LogP contribution in [0.3, 0.4) is 0 Å². The molecule has 4 heteroatoms. The first-order valence-corrected chi connectivity index (χ1v) is 11.0. The largest absolute Gasteiger partial charge is 0.326 e. The maximum absolute atomic E-state index is 13.4. The molecule has 2 amide bonds. The van der Waals surface area contributed by atoms with Gasteiger partial charge in [0, 0.05) is 28.5 Å². The highest BCUT2D eigenvalue weighted by Crippen LogP contribution is 2.27. The minimum atomic E-state index is -0.121. The maximum atomic E-state index is 13.4. The van der Waals surface area contributed by atoms with Gasteiger partial charge in [-0.2, -0.15) is 0 Å². The van der Waals surface area contributed by atoms with Crippen molar-refractivity contribution in [2.24, 2.45) is 5.92 Å². The van der Waals surface area contributed by atoms with E-state index in [0.29, 0.717) is 11.3 Å². The number of carbonyl (C=O) groups is 2. The van der Waals surface area contributed by atoms with E-state index in [1.165, 1.54) is 0 Å². The Kier molecular flexibility index (Phi) is 7.99. The van der Waals surface area contributed by atoms with E-state index in [0.717, 1.165) is 37.1 Å². The van der Waals surface area contributed by atoms with Crippen LogP contribution in [0.5, 0.6) is 0 Å². The van der Waals surface area contributed by atoms with Gasteiger partial charge in [-0.25, -0.2) is 0 Å². The fourth-order valence-electron chi connectivity index (χ4n) is 3.58. The Labute approximate surface area is 184 Å². The molecule has 0 saturated heterocycles.